The van der Waals surface area contributed by atoms with Gasteiger partial charge in [0.25, 0.3) is 0 Å². The van der Waals surface area contributed by atoms with E-state index in [1.807, 2.05) is 0 Å². The molecule has 1 aliphatic rings. The lowest BCUT2D eigenvalue weighted by molar-refractivity contribution is 0.110. The largest absolute Gasteiger partial charge is 0.384 e. The van der Waals surface area contributed by atoms with Crippen molar-refractivity contribution in [3.05, 3.63) is 29.8 Å². The molecule has 1 heterocycles. The predicted molar refractivity (Wildman–Crippen MR) is 71.5 cm³/mol. The average molecular weight is 234 g/mol. The number of anilines is 1. The fourth-order valence-electron chi connectivity index (χ4n) is 2.12. The van der Waals surface area contributed by atoms with Crippen LogP contribution in [0.3, 0.4) is 0 Å². The second kappa shape index (κ2) is 6.62. The van der Waals surface area contributed by atoms with Crippen molar-refractivity contribution in [1.82, 2.24) is 5.32 Å². The summed E-state index contributed by atoms with van der Waals surface area (Å²) in [6, 6.07) is 8.46. The smallest absolute Gasteiger partial charge is 0.0700 e. The van der Waals surface area contributed by atoms with Gasteiger partial charge in [-0.15, -0.1) is 0 Å². The van der Waals surface area contributed by atoms with Crippen LogP contribution in [0, 0.1) is 6.92 Å². The SMILES string of the molecule is Cc1cccc(NCCNCC2CCCO2)c1. The van der Waals surface area contributed by atoms with Crippen LogP contribution in [0.5, 0.6) is 0 Å². The normalized spacial score (nSPS) is 19.5. The summed E-state index contributed by atoms with van der Waals surface area (Å²) in [7, 11) is 0. The summed E-state index contributed by atoms with van der Waals surface area (Å²) >= 11 is 0. The zero-order valence-electron chi connectivity index (χ0n) is 10.5. The molecule has 0 bridgehead atoms. The highest BCUT2D eigenvalue weighted by Crippen LogP contribution is 2.10. The molecule has 1 fully saturated rings. The molecule has 0 saturated carbocycles. The Morgan fingerprint density at radius 3 is 3.06 bits per heavy atom. The maximum atomic E-state index is 5.55. The van der Waals surface area contributed by atoms with E-state index in [0.29, 0.717) is 6.10 Å². The monoisotopic (exact) mass is 234 g/mol. The van der Waals surface area contributed by atoms with Gasteiger partial charge >= 0.3 is 0 Å². The van der Waals surface area contributed by atoms with E-state index in [0.717, 1.165) is 26.2 Å². The highest BCUT2D eigenvalue weighted by Gasteiger charge is 2.13. The molecule has 3 heteroatoms. The molecule has 0 spiro atoms. The van der Waals surface area contributed by atoms with Gasteiger partial charge in [0.1, 0.15) is 0 Å². The van der Waals surface area contributed by atoms with Crippen molar-refractivity contribution in [2.75, 3.05) is 31.6 Å². The van der Waals surface area contributed by atoms with Gasteiger partial charge in [0.05, 0.1) is 6.10 Å². The number of nitrogens with one attached hydrogen (secondary N) is 2. The van der Waals surface area contributed by atoms with Crippen molar-refractivity contribution >= 4 is 5.69 Å². The van der Waals surface area contributed by atoms with E-state index >= 15 is 0 Å². The standard InChI is InChI=1S/C14H22N2O/c1-12-4-2-5-13(10-12)16-8-7-15-11-14-6-3-9-17-14/h2,4-5,10,14-16H,3,6-9,11H2,1H3. The molecule has 1 aromatic rings. The van der Waals surface area contributed by atoms with Gasteiger partial charge in [-0.25, -0.2) is 0 Å². The summed E-state index contributed by atoms with van der Waals surface area (Å²) in [6.45, 7) is 5.97. The van der Waals surface area contributed by atoms with E-state index < -0.39 is 0 Å². The minimum absolute atomic E-state index is 0.439. The highest BCUT2D eigenvalue weighted by molar-refractivity contribution is 5.45. The van der Waals surface area contributed by atoms with Crippen LogP contribution in [0.1, 0.15) is 18.4 Å². The molecular weight excluding hydrogens is 212 g/mol. The lowest BCUT2D eigenvalue weighted by Gasteiger charge is -2.11. The Kier molecular flexibility index (Phi) is 4.83. The second-order valence-corrected chi connectivity index (χ2v) is 4.64. The quantitative estimate of drug-likeness (QED) is 0.740. The Morgan fingerprint density at radius 1 is 1.35 bits per heavy atom. The van der Waals surface area contributed by atoms with Crippen molar-refractivity contribution in [2.45, 2.75) is 25.9 Å². The van der Waals surface area contributed by atoms with Gasteiger partial charge in [0, 0.05) is 31.9 Å². The first-order valence-corrected chi connectivity index (χ1v) is 6.47. The van der Waals surface area contributed by atoms with Crippen LogP contribution in [0.4, 0.5) is 5.69 Å². The molecule has 0 amide bonds. The van der Waals surface area contributed by atoms with E-state index in [4.69, 9.17) is 4.74 Å². The summed E-state index contributed by atoms with van der Waals surface area (Å²) < 4.78 is 5.55. The average Bonchev–Trinajstić information content (AvgIpc) is 2.82. The van der Waals surface area contributed by atoms with Crippen molar-refractivity contribution in [3.63, 3.8) is 0 Å². The van der Waals surface area contributed by atoms with Gasteiger partial charge in [-0.1, -0.05) is 12.1 Å². The number of hydrogen-bond acceptors (Lipinski definition) is 3. The molecule has 1 aromatic carbocycles. The maximum absolute atomic E-state index is 5.55. The highest BCUT2D eigenvalue weighted by atomic mass is 16.5. The number of aryl methyl sites for hydroxylation is 1. The minimum Gasteiger partial charge on any atom is -0.384 e. The fourth-order valence-corrected chi connectivity index (χ4v) is 2.12. The lowest BCUT2D eigenvalue weighted by Crippen LogP contribution is -2.30. The molecule has 0 radical (unpaired) electrons. The van der Waals surface area contributed by atoms with Crippen molar-refractivity contribution in [3.8, 4) is 0 Å². The predicted octanol–water partition coefficient (Wildman–Crippen LogP) is 2.18. The van der Waals surface area contributed by atoms with Crippen LogP contribution in [-0.4, -0.2) is 32.3 Å². The molecule has 1 atom stereocenters. The molecule has 1 aliphatic heterocycles. The van der Waals surface area contributed by atoms with Gasteiger partial charge in [-0.2, -0.15) is 0 Å². The summed E-state index contributed by atoms with van der Waals surface area (Å²) in [5, 5.41) is 6.83. The first-order chi connectivity index (χ1) is 8.34. The van der Waals surface area contributed by atoms with E-state index in [1.54, 1.807) is 0 Å². The molecular formula is C14H22N2O. The third-order valence-electron chi connectivity index (χ3n) is 3.04. The molecule has 0 aromatic heterocycles. The topological polar surface area (TPSA) is 33.3 Å². The molecule has 2 rings (SSSR count). The molecule has 17 heavy (non-hydrogen) atoms. The second-order valence-electron chi connectivity index (χ2n) is 4.64. The van der Waals surface area contributed by atoms with Crippen molar-refractivity contribution in [1.29, 1.82) is 0 Å². The van der Waals surface area contributed by atoms with Crippen LogP contribution in [0.25, 0.3) is 0 Å². The van der Waals surface area contributed by atoms with E-state index in [-0.39, 0.29) is 0 Å². The Balaban J connectivity index is 1.56. The van der Waals surface area contributed by atoms with Gasteiger partial charge in [0.15, 0.2) is 0 Å². The van der Waals surface area contributed by atoms with Gasteiger partial charge in [-0.3, -0.25) is 0 Å². The Labute approximate surface area is 104 Å². The van der Waals surface area contributed by atoms with Crippen LogP contribution in [0.15, 0.2) is 24.3 Å². The number of rotatable bonds is 6. The van der Waals surface area contributed by atoms with Crippen LogP contribution in [-0.2, 0) is 4.74 Å². The zero-order chi connectivity index (χ0) is 11.9. The van der Waals surface area contributed by atoms with Crippen molar-refractivity contribution < 1.29 is 4.74 Å². The number of benzene rings is 1. The lowest BCUT2D eigenvalue weighted by atomic mass is 10.2. The number of ether oxygens (including phenoxy) is 1. The van der Waals surface area contributed by atoms with Crippen molar-refractivity contribution in [2.24, 2.45) is 0 Å². The third kappa shape index (κ3) is 4.36. The summed E-state index contributed by atoms with van der Waals surface area (Å²) in [6.07, 6.45) is 2.86. The van der Waals surface area contributed by atoms with Gasteiger partial charge in [0.2, 0.25) is 0 Å². The Morgan fingerprint density at radius 2 is 2.29 bits per heavy atom. The van der Waals surface area contributed by atoms with Gasteiger partial charge < -0.3 is 15.4 Å². The van der Waals surface area contributed by atoms with Crippen LogP contribution >= 0.6 is 0 Å². The molecule has 94 valence electrons. The maximum Gasteiger partial charge on any atom is 0.0700 e. The number of hydrogen-bond donors (Lipinski definition) is 2. The molecule has 0 aliphatic carbocycles. The Bertz CT molecular complexity index is 335. The van der Waals surface area contributed by atoms with Gasteiger partial charge in [-0.05, 0) is 37.5 Å². The summed E-state index contributed by atoms with van der Waals surface area (Å²) in [5.74, 6) is 0. The first kappa shape index (κ1) is 12.4. The zero-order valence-corrected chi connectivity index (χ0v) is 10.5. The molecule has 1 unspecified atom stereocenters. The summed E-state index contributed by atoms with van der Waals surface area (Å²) in [4.78, 5) is 0. The van der Waals surface area contributed by atoms with Crippen LogP contribution in [0.2, 0.25) is 0 Å². The Hall–Kier alpha value is -1.06. The molecule has 1 saturated heterocycles. The van der Waals surface area contributed by atoms with E-state index in [1.165, 1.54) is 24.1 Å². The first-order valence-electron chi connectivity index (χ1n) is 6.47. The fraction of sp³-hybridized carbons (Fsp3) is 0.571. The van der Waals surface area contributed by atoms with E-state index in [2.05, 4.69) is 41.8 Å². The summed E-state index contributed by atoms with van der Waals surface area (Å²) in [5.41, 5.74) is 2.49. The minimum atomic E-state index is 0.439. The van der Waals surface area contributed by atoms with Crippen LogP contribution < -0.4 is 10.6 Å². The molecule has 2 N–H and O–H groups in total. The molecule has 3 nitrogen and oxygen atoms in total. The third-order valence-corrected chi connectivity index (χ3v) is 3.04. The van der Waals surface area contributed by atoms with E-state index in [9.17, 15) is 0 Å².